The van der Waals surface area contributed by atoms with Crippen molar-refractivity contribution in [2.45, 2.75) is 33.2 Å². The molecule has 1 aromatic carbocycles. The van der Waals surface area contributed by atoms with Gasteiger partial charge < -0.3 is 10.3 Å². The number of imidazole rings is 1. The molecule has 5 heteroatoms. The molecular weight excluding hydrogens is 326 g/mol. The fourth-order valence-electron chi connectivity index (χ4n) is 2.16. The molecule has 3 nitrogen and oxygen atoms in total. The molecule has 2 N–H and O–H groups in total. The number of nitrogens with two attached hydrogens (primary N) is 1. The minimum absolute atomic E-state index is 0.657. The van der Waals surface area contributed by atoms with Crippen molar-refractivity contribution >= 4 is 33.3 Å². The molecule has 0 saturated heterocycles. The second kappa shape index (κ2) is 5.97. The standard InChI is InChI=1S/C14H17BrClN3/c1-3-5-12-18-13(14(17)19(12)4-2)10-7-6-9(15)8-11(10)16/h6-8H,3-5,17H2,1-2H3. The van der Waals surface area contributed by atoms with E-state index in [2.05, 4.69) is 39.3 Å². The van der Waals surface area contributed by atoms with Gasteiger partial charge in [0, 0.05) is 23.0 Å². The third kappa shape index (κ3) is 2.79. The number of hydrogen-bond donors (Lipinski definition) is 1. The zero-order valence-electron chi connectivity index (χ0n) is 11.1. The highest BCUT2D eigenvalue weighted by Gasteiger charge is 2.16. The summed E-state index contributed by atoms with van der Waals surface area (Å²) in [4.78, 5) is 4.67. The van der Waals surface area contributed by atoms with Gasteiger partial charge in [0.05, 0.1) is 5.02 Å². The number of rotatable bonds is 4. The van der Waals surface area contributed by atoms with Gasteiger partial charge in [-0.15, -0.1) is 0 Å². The van der Waals surface area contributed by atoms with Gasteiger partial charge in [-0.3, -0.25) is 0 Å². The van der Waals surface area contributed by atoms with Crippen LogP contribution in [0, 0.1) is 0 Å². The lowest BCUT2D eigenvalue weighted by molar-refractivity contribution is 0.690. The highest BCUT2D eigenvalue weighted by Crippen LogP contribution is 2.34. The van der Waals surface area contributed by atoms with E-state index in [4.69, 9.17) is 17.3 Å². The first kappa shape index (κ1) is 14.4. The van der Waals surface area contributed by atoms with Crippen molar-refractivity contribution in [1.29, 1.82) is 0 Å². The number of aromatic nitrogens is 2. The van der Waals surface area contributed by atoms with E-state index in [1.807, 2.05) is 18.2 Å². The average molecular weight is 343 g/mol. The summed E-state index contributed by atoms with van der Waals surface area (Å²) in [7, 11) is 0. The van der Waals surface area contributed by atoms with Gasteiger partial charge in [0.1, 0.15) is 17.3 Å². The number of nitrogen functional groups attached to an aromatic ring is 1. The molecule has 0 aliphatic heterocycles. The van der Waals surface area contributed by atoms with Crippen molar-refractivity contribution in [2.75, 3.05) is 5.73 Å². The maximum Gasteiger partial charge on any atom is 0.131 e. The van der Waals surface area contributed by atoms with E-state index in [9.17, 15) is 0 Å². The number of aryl methyl sites for hydroxylation is 1. The molecule has 2 aromatic rings. The van der Waals surface area contributed by atoms with Crippen LogP contribution in [0.5, 0.6) is 0 Å². The maximum absolute atomic E-state index is 6.28. The lowest BCUT2D eigenvalue weighted by atomic mass is 10.1. The molecule has 0 bridgehead atoms. The third-order valence-electron chi connectivity index (χ3n) is 3.06. The number of halogens is 2. The monoisotopic (exact) mass is 341 g/mol. The molecule has 19 heavy (non-hydrogen) atoms. The second-order valence-corrected chi connectivity index (χ2v) is 5.70. The number of anilines is 1. The summed E-state index contributed by atoms with van der Waals surface area (Å²) >= 11 is 9.69. The Morgan fingerprint density at radius 1 is 1.37 bits per heavy atom. The molecule has 1 aromatic heterocycles. The van der Waals surface area contributed by atoms with Crippen LogP contribution in [-0.2, 0) is 13.0 Å². The Bertz CT molecular complexity index is 593. The maximum atomic E-state index is 6.28. The number of nitrogens with zero attached hydrogens (tertiary/aromatic N) is 2. The van der Waals surface area contributed by atoms with Crippen molar-refractivity contribution in [3.05, 3.63) is 33.5 Å². The molecular formula is C14H17BrClN3. The van der Waals surface area contributed by atoms with Crippen LogP contribution < -0.4 is 5.73 Å². The fourth-order valence-corrected chi connectivity index (χ4v) is 2.92. The quantitative estimate of drug-likeness (QED) is 0.887. The molecule has 0 atom stereocenters. The first-order valence-corrected chi connectivity index (χ1v) is 7.55. The largest absolute Gasteiger partial charge is 0.383 e. The molecule has 0 spiro atoms. The van der Waals surface area contributed by atoms with Crippen LogP contribution in [0.1, 0.15) is 26.1 Å². The number of benzene rings is 1. The summed E-state index contributed by atoms with van der Waals surface area (Å²) in [5.41, 5.74) is 7.88. The van der Waals surface area contributed by atoms with Crippen LogP contribution in [0.15, 0.2) is 22.7 Å². The Morgan fingerprint density at radius 3 is 2.68 bits per heavy atom. The molecule has 0 radical (unpaired) electrons. The first-order chi connectivity index (χ1) is 9.08. The zero-order valence-corrected chi connectivity index (χ0v) is 13.4. The third-order valence-corrected chi connectivity index (χ3v) is 3.87. The lowest BCUT2D eigenvalue weighted by Crippen LogP contribution is -2.05. The van der Waals surface area contributed by atoms with Crippen molar-refractivity contribution in [1.82, 2.24) is 9.55 Å². The molecule has 0 aliphatic carbocycles. The van der Waals surface area contributed by atoms with Gasteiger partial charge in [0.2, 0.25) is 0 Å². The summed E-state index contributed by atoms with van der Waals surface area (Å²) in [6, 6.07) is 5.76. The minimum Gasteiger partial charge on any atom is -0.383 e. The van der Waals surface area contributed by atoms with E-state index in [0.29, 0.717) is 10.8 Å². The highest BCUT2D eigenvalue weighted by atomic mass is 79.9. The van der Waals surface area contributed by atoms with Crippen LogP contribution in [0.3, 0.4) is 0 Å². The van der Waals surface area contributed by atoms with Gasteiger partial charge in [0.15, 0.2) is 0 Å². The molecule has 0 aliphatic rings. The van der Waals surface area contributed by atoms with Crippen molar-refractivity contribution in [2.24, 2.45) is 0 Å². The minimum atomic E-state index is 0.657. The van der Waals surface area contributed by atoms with Crippen LogP contribution in [0.4, 0.5) is 5.82 Å². The van der Waals surface area contributed by atoms with Crippen LogP contribution in [0.25, 0.3) is 11.3 Å². The van der Waals surface area contributed by atoms with E-state index in [0.717, 1.165) is 40.9 Å². The normalized spacial score (nSPS) is 10.9. The summed E-state index contributed by atoms with van der Waals surface area (Å²) in [5, 5.41) is 0.657. The van der Waals surface area contributed by atoms with Crippen molar-refractivity contribution < 1.29 is 0 Å². The molecule has 2 rings (SSSR count). The summed E-state index contributed by atoms with van der Waals surface area (Å²) in [6.07, 6.45) is 1.97. The van der Waals surface area contributed by atoms with E-state index >= 15 is 0 Å². The molecule has 0 saturated carbocycles. The summed E-state index contributed by atoms with van der Waals surface area (Å²) in [5.74, 6) is 1.71. The topological polar surface area (TPSA) is 43.8 Å². The second-order valence-electron chi connectivity index (χ2n) is 4.38. The summed E-state index contributed by atoms with van der Waals surface area (Å²) < 4.78 is 3.00. The Morgan fingerprint density at radius 2 is 2.11 bits per heavy atom. The van der Waals surface area contributed by atoms with Gasteiger partial charge >= 0.3 is 0 Å². The predicted molar refractivity (Wildman–Crippen MR) is 84.5 cm³/mol. The van der Waals surface area contributed by atoms with Gasteiger partial charge in [-0.2, -0.15) is 0 Å². The molecule has 1 heterocycles. The fraction of sp³-hybridized carbons (Fsp3) is 0.357. The van der Waals surface area contributed by atoms with Gasteiger partial charge in [0.25, 0.3) is 0 Å². The van der Waals surface area contributed by atoms with Crippen molar-refractivity contribution in [3.63, 3.8) is 0 Å². The van der Waals surface area contributed by atoms with Crippen molar-refractivity contribution in [3.8, 4) is 11.3 Å². The van der Waals surface area contributed by atoms with E-state index in [1.165, 1.54) is 0 Å². The highest BCUT2D eigenvalue weighted by molar-refractivity contribution is 9.10. The SMILES string of the molecule is CCCc1nc(-c2ccc(Br)cc2Cl)c(N)n1CC. The van der Waals surface area contributed by atoms with Gasteiger partial charge in [-0.05, 0) is 25.5 Å². The van der Waals surface area contributed by atoms with Gasteiger partial charge in [-0.1, -0.05) is 40.5 Å². The van der Waals surface area contributed by atoms with E-state index < -0.39 is 0 Å². The van der Waals surface area contributed by atoms with Gasteiger partial charge in [-0.25, -0.2) is 4.98 Å². The molecule has 102 valence electrons. The van der Waals surface area contributed by atoms with Crippen LogP contribution >= 0.6 is 27.5 Å². The zero-order chi connectivity index (χ0) is 14.0. The first-order valence-electron chi connectivity index (χ1n) is 6.38. The Labute approximate surface area is 126 Å². The van der Waals surface area contributed by atoms with Crippen LogP contribution in [-0.4, -0.2) is 9.55 Å². The molecule has 0 fully saturated rings. The Hall–Kier alpha value is -1.00. The smallest absolute Gasteiger partial charge is 0.131 e. The molecule has 0 unspecified atom stereocenters. The summed E-state index contributed by atoms with van der Waals surface area (Å²) in [6.45, 7) is 5.03. The Kier molecular flexibility index (Phi) is 4.53. The Balaban J connectivity index is 2.56. The molecule has 0 amide bonds. The average Bonchev–Trinajstić information content (AvgIpc) is 2.66. The van der Waals surface area contributed by atoms with Crippen LogP contribution in [0.2, 0.25) is 5.02 Å². The van der Waals surface area contributed by atoms with E-state index in [1.54, 1.807) is 0 Å². The lowest BCUT2D eigenvalue weighted by Gasteiger charge is -2.06. The number of hydrogen-bond acceptors (Lipinski definition) is 2. The van der Waals surface area contributed by atoms with E-state index in [-0.39, 0.29) is 0 Å². The predicted octanol–water partition coefficient (Wildman–Crippen LogP) is 4.52.